The Morgan fingerprint density at radius 2 is 2.06 bits per heavy atom. The third kappa shape index (κ3) is 2.32. The lowest BCUT2D eigenvalue weighted by Crippen LogP contribution is -2.15. The molecule has 88 valence electrons. The van der Waals surface area contributed by atoms with Crippen LogP contribution in [0.3, 0.4) is 0 Å². The summed E-state index contributed by atoms with van der Waals surface area (Å²) < 4.78 is 0. The first-order valence-electron chi connectivity index (χ1n) is 4.46. The van der Waals surface area contributed by atoms with E-state index in [1.165, 1.54) is 11.8 Å². The van der Waals surface area contributed by atoms with Crippen molar-refractivity contribution < 1.29 is 4.92 Å². The number of thioether (sulfide) groups is 1. The maximum absolute atomic E-state index is 11.0. The van der Waals surface area contributed by atoms with Gasteiger partial charge in [0.15, 0.2) is 5.16 Å². The summed E-state index contributed by atoms with van der Waals surface area (Å²) in [6.45, 7) is 0. The van der Waals surface area contributed by atoms with Gasteiger partial charge < -0.3 is 10.2 Å². The van der Waals surface area contributed by atoms with E-state index in [0.29, 0.717) is 11.0 Å². The number of nitrogens with zero attached hydrogens (tertiary/aromatic N) is 4. The van der Waals surface area contributed by atoms with Gasteiger partial charge in [0.2, 0.25) is 11.6 Å². The van der Waals surface area contributed by atoms with Gasteiger partial charge in [-0.1, -0.05) is 11.8 Å². The predicted octanol–water partition coefficient (Wildman–Crippen LogP) is 1.21. The van der Waals surface area contributed by atoms with Crippen LogP contribution in [-0.2, 0) is 0 Å². The SMILES string of the molecule is CNc1nc(SC)nc(N(C)C)c1[N+](=O)[O-]. The van der Waals surface area contributed by atoms with Crippen molar-refractivity contribution in [3.05, 3.63) is 10.1 Å². The summed E-state index contributed by atoms with van der Waals surface area (Å²) in [7, 11) is 5.01. The van der Waals surface area contributed by atoms with E-state index in [-0.39, 0.29) is 11.5 Å². The summed E-state index contributed by atoms with van der Waals surface area (Å²) in [5.74, 6) is 0.529. The smallest absolute Gasteiger partial charge is 0.353 e. The van der Waals surface area contributed by atoms with Crippen LogP contribution in [0, 0.1) is 10.1 Å². The number of aromatic nitrogens is 2. The van der Waals surface area contributed by atoms with Crippen LogP contribution in [0.1, 0.15) is 0 Å². The first-order chi connectivity index (χ1) is 7.51. The van der Waals surface area contributed by atoms with Gasteiger partial charge in [-0.2, -0.15) is 9.97 Å². The topological polar surface area (TPSA) is 84.2 Å². The molecule has 0 aliphatic heterocycles. The normalized spacial score (nSPS) is 10.0. The highest BCUT2D eigenvalue weighted by Gasteiger charge is 2.25. The quantitative estimate of drug-likeness (QED) is 0.368. The van der Waals surface area contributed by atoms with Crippen molar-refractivity contribution in [2.45, 2.75) is 5.16 Å². The van der Waals surface area contributed by atoms with Gasteiger partial charge >= 0.3 is 5.69 Å². The molecule has 0 bridgehead atoms. The summed E-state index contributed by atoms with van der Waals surface area (Å²) in [5, 5.41) is 14.2. The van der Waals surface area contributed by atoms with Crippen LogP contribution in [-0.4, -0.2) is 42.3 Å². The molecule has 1 N–H and O–H groups in total. The van der Waals surface area contributed by atoms with Crippen molar-refractivity contribution in [3.63, 3.8) is 0 Å². The fourth-order valence-electron chi connectivity index (χ4n) is 1.17. The molecule has 0 fully saturated rings. The van der Waals surface area contributed by atoms with Gasteiger partial charge in [0.1, 0.15) is 0 Å². The van der Waals surface area contributed by atoms with Gasteiger partial charge in [0.25, 0.3) is 0 Å². The number of anilines is 2. The second-order valence-electron chi connectivity index (χ2n) is 3.13. The van der Waals surface area contributed by atoms with Crippen LogP contribution in [0.5, 0.6) is 0 Å². The molecule has 8 heteroatoms. The second kappa shape index (κ2) is 4.97. The maximum Gasteiger partial charge on any atom is 0.353 e. The molecular formula is C8H13N5O2S. The Labute approximate surface area is 97.4 Å². The zero-order chi connectivity index (χ0) is 12.3. The molecule has 0 atom stereocenters. The predicted molar refractivity (Wildman–Crippen MR) is 64.3 cm³/mol. The molecule has 0 radical (unpaired) electrons. The molecular weight excluding hydrogens is 230 g/mol. The highest BCUT2D eigenvalue weighted by Crippen LogP contribution is 2.32. The van der Waals surface area contributed by atoms with Crippen LogP contribution in [0.4, 0.5) is 17.3 Å². The van der Waals surface area contributed by atoms with Crippen molar-refractivity contribution in [2.24, 2.45) is 0 Å². The van der Waals surface area contributed by atoms with Crippen LogP contribution >= 0.6 is 11.8 Å². The van der Waals surface area contributed by atoms with Gasteiger partial charge in [-0.15, -0.1) is 0 Å². The van der Waals surface area contributed by atoms with Gasteiger partial charge in [0.05, 0.1) is 4.92 Å². The summed E-state index contributed by atoms with van der Waals surface area (Å²) in [6, 6.07) is 0. The fraction of sp³-hybridized carbons (Fsp3) is 0.500. The standard InChI is InChI=1S/C8H13N5O2S/c1-9-6-5(13(14)15)7(12(2)3)11-8(10-6)16-4/h1-4H3,(H,9,10,11). The van der Waals surface area contributed by atoms with Crippen LogP contribution in [0.2, 0.25) is 0 Å². The molecule has 0 spiro atoms. The van der Waals surface area contributed by atoms with E-state index >= 15 is 0 Å². The Hall–Kier alpha value is -1.57. The number of nitro groups is 1. The van der Waals surface area contributed by atoms with Crippen molar-refractivity contribution in [1.29, 1.82) is 0 Å². The van der Waals surface area contributed by atoms with Gasteiger partial charge in [-0.05, 0) is 6.26 Å². The summed E-state index contributed by atoms with van der Waals surface area (Å²) >= 11 is 1.34. The maximum atomic E-state index is 11.0. The van der Waals surface area contributed by atoms with Crippen LogP contribution in [0.25, 0.3) is 0 Å². The Morgan fingerprint density at radius 3 is 2.44 bits per heavy atom. The molecule has 0 saturated heterocycles. The molecule has 16 heavy (non-hydrogen) atoms. The summed E-state index contributed by atoms with van der Waals surface area (Å²) in [6.07, 6.45) is 1.82. The first-order valence-corrected chi connectivity index (χ1v) is 5.69. The highest BCUT2D eigenvalue weighted by molar-refractivity contribution is 7.98. The molecule has 0 aliphatic rings. The Bertz CT molecular complexity index is 410. The lowest BCUT2D eigenvalue weighted by Gasteiger charge is -2.13. The molecule has 1 heterocycles. The lowest BCUT2D eigenvalue weighted by atomic mass is 10.4. The molecule has 0 aromatic carbocycles. The molecule has 0 aliphatic carbocycles. The van der Waals surface area contributed by atoms with Gasteiger partial charge in [-0.25, -0.2) is 0 Å². The first kappa shape index (κ1) is 12.5. The van der Waals surface area contributed by atoms with Crippen molar-refractivity contribution >= 4 is 29.1 Å². The van der Waals surface area contributed by atoms with E-state index in [2.05, 4.69) is 15.3 Å². The number of nitrogens with one attached hydrogen (secondary N) is 1. The molecule has 7 nitrogen and oxygen atoms in total. The monoisotopic (exact) mass is 243 g/mol. The molecule has 1 rings (SSSR count). The molecule has 1 aromatic rings. The Morgan fingerprint density at radius 1 is 1.44 bits per heavy atom. The third-order valence-electron chi connectivity index (χ3n) is 1.87. The zero-order valence-corrected chi connectivity index (χ0v) is 10.3. The molecule has 1 aromatic heterocycles. The average Bonchev–Trinajstić information content (AvgIpc) is 2.26. The zero-order valence-electron chi connectivity index (χ0n) is 9.51. The molecule has 0 amide bonds. The highest BCUT2D eigenvalue weighted by atomic mass is 32.2. The fourth-order valence-corrected chi connectivity index (χ4v) is 1.53. The Kier molecular flexibility index (Phi) is 3.88. The number of hydrogen-bond acceptors (Lipinski definition) is 7. The van der Waals surface area contributed by atoms with E-state index in [4.69, 9.17) is 0 Å². The van der Waals surface area contributed by atoms with E-state index in [1.54, 1.807) is 26.0 Å². The van der Waals surface area contributed by atoms with Crippen molar-refractivity contribution in [3.8, 4) is 0 Å². The van der Waals surface area contributed by atoms with Crippen molar-refractivity contribution in [2.75, 3.05) is 37.6 Å². The number of hydrogen-bond donors (Lipinski definition) is 1. The van der Waals surface area contributed by atoms with Crippen LogP contribution < -0.4 is 10.2 Å². The van der Waals surface area contributed by atoms with E-state index in [1.807, 2.05) is 6.26 Å². The average molecular weight is 243 g/mol. The summed E-state index contributed by atoms with van der Waals surface area (Å²) in [5.41, 5.74) is -0.106. The van der Waals surface area contributed by atoms with E-state index in [9.17, 15) is 10.1 Å². The van der Waals surface area contributed by atoms with Crippen molar-refractivity contribution in [1.82, 2.24) is 9.97 Å². The minimum absolute atomic E-state index is 0.106. The van der Waals surface area contributed by atoms with E-state index < -0.39 is 4.92 Å². The Balaban J connectivity index is 3.47. The minimum atomic E-state index is -0.481. The minimum Gasteiger partial charge on any atom is -0.367 e. The van der Waals surface area contributed by atoms with Crippen LogP contribution in [0.15, 0.2) is 5.16 Å². The van der Waals surface area contributed by atoms with E-state index in [0.717, 1.165) is 0 Å². The van der Waals surface area contributed by atoms with Gasteiger partial charge in [-0.3, -0.25) is 10.1 Å². The third-order valence-corrected chi connectivity index (χ3v) is 2.42. The largest absolute Gasteiger partial charge is 0.367 e. The van der Waals surface area contributed by atoms with Gasteiger partial charge in [0, 0.05) is 21.1 Å². The lowest BCUT2D eigenvalue weighted by molar-refractivity contribution is -0.383. The number of rotatable bonds is 4. The summed E-state index contributed by atoms with van der Waals surface area (Å²) in [4.78, 5) is 20.2. The molecule has 0 unspecified atom stereocenters. The second-order valence-corrected chi connectivity index (χ2v) is 3.91. The molecule has 0 saturated carbocycles.